The Balaban J connectivity index is 3.75. The molecule has 0 rings (SSSR count). The SMILES string of the molecule is [2H]CC(C)(C)ON[C@@H](C)C(=O)O. The number of hydrogen-bond donors (Lipinski definition) is 2. The van der Waals surface area contributed by atoms with Crippen molar-refractivity contribution in [3.05, 3.63) is 0 Å². The van der Waals surface area contributed by atoms with Gasteiger partial charge in [-0.1, -0.05) is 0 Å². The molecule has 0 saturated heterocycles. The average molecular weight is 162 g/mol. The molecule has 0 spiro atoms. The van der Waals surface area contributed by atoms with Crippen LogP contribution in [0.4, 0.5) is 0 Å². The molecular formula is C7H15NO3. The minimum absolute atomic E-state index is 0.0757. The number of aliphatic carboxylic acids is 1. The topological polar surface area (TPSA) is 58.6 Å². The Morgan fingerprint density at radius 3 is 2.73 bits per heavy atom. The summed E-state index contributed by atoms with van der Waals surface area (Å²) in [6.07, 6.45) is 0. The van der Waals surface area contributed by atoms with Crippen LogP contribution >= 0.6 is 0 Å². The maximum absolute atomic E-state index is 10.3. The zero-order chi connectivity index (χ0) is 9.78. The van der Waals surface area contributed by atoms with Crippen molar-refractivity contribution >= 4 is 5.97 Å². The average Bonchev–Trinajstić information content (AvgIpc) is 2.00. The Morgan fingerprint density at radius 1 is 1.82 bits per heavy atom. The fourth-order valence-corrected chi connectivity index (χ4v) is 0.298. The Hall–Kier alpha value is -0.610. The van der Waals surface area contributed by atoms with Gasteiger partial charge in [0.1, 0.15) is 6.04 Å². The highest BCUT2D eigenvalue weighted by Crippen LogP contribution is 2.03. The zero-order valence-electron chi connectivity index (χ0n) is 8.05. The predicted molar refractivity (Wildman–Crippen MR) is 41.1 cm³/mol. The van der Waals surface area contributed by atoms with Gasteiger partial charge in [0.25, 0.3) is 0 Å². The molecule has 1 atom stereocenters. The van der Waals surface area contributed by atoms with Gasteiger partial charge in [0.2, 0.25) is 0 Å². The Morgan fingerprint density at radius 2 is 2.36 bits per heavy atom. The third-order valence-corrected chi connectivity index (χ3v) is 0.882. The predicted octanol–water partition coefficient (Wildman–Crippen LogP) is 0.779. The summed E-state index contributed by atoms with van der Waals surface area (Å²) in [7, 11) is 0. The van der Waals surface area contributed by atoms with E-state index in [1.807, 2.05) is 0 Å². The van der Waals surface area contributed by atoms with Crippen molar-refractivity contribution < 1.29 is 16.1 Å². The molecule has 0 aliphatic carbocycles. The quantitative estimate of drug-likeness (QED) is 0.602. The van der Waals surface area contributed by atoms with Crippen molar-refractivity contribution in [1.82, 2.24) is 5.48 Å². The summed E-state index contributed by atoms with van der Waals surface area (Å²) < 4.78 is 7.04. The van der Waals surface area contributed by atoms with Crippen LogP contribution in [-0.2, 0) is 9.63 Å². The van der Waals surface area contributed by atoms with Crippen LogP contribution in [0.1, 0.15) is 29.0 Å². The highest BCUT2D eigenvalue weighted by Gasteiger charge is 2.15. The molecular weight excluding hydrogens is 146 g/mol. The lowest BCUT2D eigenvalue weighted by molar-refractivity contribution is -0.149. The molecule has 2 N–H and O–H groups in total. The second kappa shape index (κ2) is 3.69. The third kappa shape index (κ3) is 5.82. The van der Waals surface area contributed by atoms with Crippen molar-refractivity contribution in [1.29, 1.82) is 0 Å². The summed E-state index contributed by atoms with van der Waals surface area (Å²) in [6, 6.07) is -0.754. The molecule has 4 nitrogen and oxygen atoms in total. The van der Waals surface area contributed by atoms with Gasteiger partial charge >= 0.3 is 5.97 Å². The molecule has 0 aromatic rings. The van der Waals surface area contributed by atoms with Crippen LogP contribution in [0.3, 0.4) is 0 Å². The maximum atomic E-state index is 10.3. The van der Waals surface area contributed by atoms with E-state index in [9.17, 15) is 4.79 Å². The van der Waals surface area contributed by atoms with E-state index in [0.717, 1.165) is 0 Å². The number of hydrogen-bond acceptors (Lipinski definition) is 3. The van der Waals surface area contributed by atoms with Crippen LogP contribution < -0.4 is 5.48 Å². The summed E-state index contributed by atoms with van der Waals surface area (Å²) in [5, 5.41) is 8.46. The van der Waals surface area contributed by atoms with Crippen LogP contribution in [0.15, 0.2) is 0 Å². The van der Waals surface area contributed by atoms with Gasteiger partial charge in [-0.15, -0.1) is 0 Å². The summed E-state index contributed by atoms with van der Waals surface area (Å²) >= 11 is 0. The minimum atomic E-state index is -0.976. The zero-order valence-corrected chi connectivity index (χ0v) is 7.05. The Kier molecular flexibility index (Phi) is 2.84. The third-order valence-electron chi connectivity index (χ3n) is 0.882. The van der Waals surface area contributed by atoms with Gasteiger partial charge in [-0.2, -0.15) is 5.48 Å². The number of nitrogens with one attached hydrogen (secondary N) is 1. The van der Waals surface area contributed by atoms with Crippen LogP contribution in [-0.4, -0.2) is 22.7 Å². The van der Waals surface area contributed by atoms with Crippen molar-refractivity contribution in [2.24, 2.45) is 0 Å². The van der Waals surface area contributed by atoms with Gasteiger partial charge in [0, 0.05) is 1.37 Å². The van der Waals surface area contributed by atoms with Crippen LogP contribution in [0, 0.1) is 0 Å². The van der Waals surface area contributed by atoms with E-state index in [1.54, 1.807) is 13.8 Å². The second-order valence-electron chi connectivity index (χ2n) is 3.04. The van der Waals surface area contributed by atoms with E-state index in [0.29, 0.717) is 0 Å². The minimum Gasteiger partial charge on any atom is -0.480 e. The fourth-order valence-electron chi connectivity index (χ4n) is 0.298. The first kappa shape index (κ1) is 8.49. The maximum Gasteiger partial charge on any atom is 0.322 e. The monoisotopic (exact) mass is 162 g/mol. The number of carbonyl (C=O) groups is 1. The summed E-state index contributed by atoms with van der Waals surface area (Å²) in [5.74, 6) is -0.976. The van der Waals surface area contributed by atoms with Gasteiger partial charge in [0.15, 0.2) is 0 Å². The van der Waals surface area contributed by atoms with E-state index in [4.69, 9.17) is 11.3 Å². The van der Waals surface area contributed by atoms with E-state index in [1.165, 1.54) is 6.92 Å². The van der Waals surface area contributed by atoms with Crippen LogP contribution in [0.5, 0.6) is 0 Å². The first-order valence-electron chi connectivity index (χ1n) is 4.05. The number of carboxylic acids is 1. The molecule has 0 aromatic carbocycles. The molecule has 0 aliphatic rings. The van der Waals surface area contributed by atoms with Gasteiger partial charge in [-0.3, -0.25) is 9.63 Å². The lowest BCUT2D eigenvalue weighted by Gasteiger charge is -2.20. The van der Waals surface area contributed by atoms with Gasteiger partial charge in [0.05, 0.1) is 5.60 Å². The van der Waals surface area contributed by atoms with Crippen LogP contribution in [0.2, 0.25) is 0 Å². The summed E-state index contributed by atoms with van der Waals surface area (Å²) in [4.78, 5) is 15.3. The van der Waals surface area contributed by atoms with Crippen molar-refractivity contribution in [3.8, 4) is 0 Å². The summed E-state index contributed by atoms with van der Waals surface area (Å²) in [5.41, 5.74) is 1.70. The first-order valence-corrected chi connectivity index (χ1v) is 3.34. The molecule has 0 radical (unpaired) electrons. The van der Waals surface area contributed by atoms with E-state index in [2.05, 4.69) is 5.48 Å². The van der Waals surface area contributed by atoms with Crippen molar-refractivity contribution in [3.63, 3.8) is 0 Å². The lowest BCUT2D eigenvalue weighted by atomic mass is 10.2. The molecule has 0 aromatic heterocycles. The molecule has 0 aliphatic heterocycles. The Bertz CT molecular complexity index is 161. The molecule has 0 saturated carbocycles. The largest absolute Gasteiger partial charge is 0.480 e. The molecule has 0 fully saturated rings. The molecule has 11 heavy (non-hydrogen) atoms. The molecule has 0 bridgehead atoms. The van der Waals surface area contributed by atoms with Crippen LogP contribution in [0.25, 0.3) is 0 Å². The molecule has 66 valence electrons. The van der Waals surface area contributed by atoms with E-state index in [-0.39, 0.29) is 6.90 Å². The molecule has 0 unspecified atom stereocenters. The molecule has 0 heterocycles. The van der Waals surface area contributed by atoms with Gasteiger partial charge in [-0.25, -0.2) is 0 Å². The highest BCUT2D eigenvalue weighted by atomic mass is 16.7. The highest BCUT2D eigenvalue weighted by molar-refractivity contribution is 5.72. The number of hydroxylamine groups is 1. The van der Waals surface area contributed by atoms with E-state index >= 15 is 0 Å². The normalized spacial score (nSPS) is 15.7. The second-order valence-corrected chi connectivity index (χ2v) is 3.04. The Labute approximate surface area is 67.9 Å². The molecule has 4 heteroatoms. The molecule has 0 amide bonds. The smallest absolute Gasteiger partial charge is 0.322 e. The number of carboxylic acid groups (broad SMARTS) is 1. The van der Waals surface area contributed by atoms with E-state index < -0.39 is 17.6 Å². The fraction of sp³-hybridized carbons (Fsp3) is 0.857. The summed E-state index contributed by atoms with van der Waals surface area (Å²) in [6.45, 7) is 4.97. The standard InChI is InChI=1S/C7H15NO3/c1-5(6(9)10)8-11-7(2,3)4/h5,8H,1-4H3,(H,9,10)/t5-/m0/s1/i2D. The van der Waals surface area contributed by atoms with Crippen molar-refractivity contribution in [2.75, 3.05) is 0 Å². The first-order chi connectivity index (χ1) is 5.39. The van der Waals surface area contributed by atoms with Gasteiger partial charge in [-0.05, 0) is 27.7 Å². The number of rotatable bonds is 3. The lowest BCUT2D eigenvalue weighted by Crippen LogP contribution is -2.39. The van der Waals surface area contributed by atoms with Gasteiger partial charge < -0.3 is 5.11 Å². The van der Waals surface area contributed by atoms with Crippen molar-refractivity contribution in [2.45, 2.75) is 39.3 Å².